The average molecular weight is 328 g/mol. The van der Waals surface area contributed by atoms with E-state index < -0.39 is 0 Å². The zero-order valence-electron chi connectivity index (χ0n) is 13.8. The second-order valence-corrected chi connectivity index (χ2v) is 7.30. The Bertz CT molecular complexity index is 629. The summed E-state index contributed by atoms with van der Waals surface area (Å²) >= 11 is 0. The Hall–Kier alpha value is -2.08. The first-order valence-corrected chi connectivity index (χ1v) is 8.80. The number of nitrogens with zero attached hydrogens (tertiary/aromatic N) is 1. The smallest absolute Gasteiger partial charge is 0.249 e. The molecule has 1 spiro atoms. The molecule has 0 bridgehead atoms. The monoisotopic (exact) mass is 328 g/mol. The number of rotatable bonds is 3. The minimum absolute atomic E-state index is 0.182. The van der Waals surface area contributed by atoms with Crippen molar-refractivity contribution in [3.63, 3.8) is 0 Å². The summed E-state index contributed by atoms with van der Waals surface area (Å²) < 4.78 is 0. The van der Waals surface area contributed by atoms with Crippen molar-refractivity contribution in [1.29, 1.82) is 0 Å². The summed E-state index contributed by atoms with van der Waals surface area (Å²) in [5.74, 6) is -0.413. The van der Waals surface area contributed by atoms with Gasteiger partial charge in [0.2, 0.25) is 11.8 Å². The maximum atomic E-state index is 11.8. The van der Waals surface area contributed by atoms with Gasteiger partial charge in [-0.3, -0.25) is 14.9 Å². The van der Waals surface area contributed by atoms with Gasteiger partial charge in [-0.25, -0.2) is 0 Å². The molecule has 3 heterocycles. The van der Waals surface area contributed by atoms with Crippen molar-refractivity contribution in [2.45, 2.75) is 31.7 Å². The van der Waals surface area contributed by atoms with Crippen LogP contribution in [0.25, 0.3) is 0 Å². The maximum absolute atomic E-state index is 11.8. The van der Waals surface area contributed by atoms with E-state index in [-0.39, 0.29) is 17.9 Å². The highest BCUT2D eigenvalue weighted by Crippen LogP contribution is 2.41. The van der Waals surface area contributed by atoms with Crippen LogP contribution in [0.15, 0.2) is 24.3 Å². The Morgan fingerprint density at radius 1 is 1.08 bits per heavy atom. The number of anilines is 2. The van der Waals surface area contributed by atoms with Crippen LogP contribution in [-0.2, 0) is 9.59 Å². The fourth-order valence-electron chi connectivity index (χ4n) is 4.02. The summed E-state index contributed by atoms with van der Waals surface area (Å²) in [6.07, 6.45) is 3.50. The highest BCUT2D eigenvalue weighted by Gasteiger charge is 2.43. The lowest BCUT2D eigenvalue weighted by molar-refractivity contribution is -0.133. The molecular weight excluding hydrogens is 304 g/mol. The van der Waals surface area contributed by atoms with E-state index >= 15 is 0 Å². The summed E-state index contributed by atoms with van der Waals surface area (Å²) in [6.45, 7) is 4.58. The maximum Gasteiger partial charge on any atom is 0.249 e. The molecule has 2 amide bonds. The minimum Gasteiger partial charge on any atom is -0.374 e. The lowest BCUT2D eigenvalue weighted by Crippen LogP contribution is -2.60. The Kier molecular flexibility index (Phi) is 3.92. The number of benzene rings is 1. The fourth-order valence-corrected chi connectivity index (χ4v) is 4.02. The van der Waals surface area contributed by atoms with Gasteiger partial charge in [-0.1, -0.05) is 0 Å². The van der Waals surface area contributed by atoms with Gasteiger partial charge < -0.3 is 15.5 Å². The molecule has 3 aliphatic rings. The van der Waals surface area contributed by atoms with Gasteiger partial charge in [-0.05, 0) is 56.6 Å². The van der Waals surface area contributed by atoms with E-state index in [1.807, 2.05) is 12.1 Å². The molecule has 1 aromatic rings. The molecule has 1 aromatic carbocycles. The van der Waals surface area contributed by atoms with Gasteiger partial charge >= 0.3 is 0 Å². The van der Waals surface area contributed by atoms with Crippen molar-refractivity contribution < 1.29 is 9.59 Å². The average Bonchev–Trinajstić information content (AvgIpc) is 2.57. The molecule has 1 unspecified atom stereocenters. The van der Waals surface area contributed by atoms with Gasteiger partial charge in [0.15, 0.2) is 0 Å². The minimum atomic E-state index is -0.324. The number of carbonyl (C=O) groups is 2. The molecule has 0 saturated carbocycles. The number of nitrogens with one attached hydrogen (secondary N) is 3. The van der Waals surface area contributed by atoms with E-state index in [2.05, 4.69) is 33.0 Å². The van der Waals surface area contributed by atoms with Gasteiger partial charge in [-0.15, -0.1) is 0 Å². The SMILES string of the molecule is O=C1CCC(Nc2ccc(N3CC4(CCNCC4)C3)cc2)C(=O)N1. The summed E-state index contributed by atoms with van der Waals surface area (Å²) in [5, 5.41) is 9.03. The zero-order chi connectivity index (χ0) is 16.6. The Morgan fingerprint density at radius 2 is 1.79 bits per heavy atom. The third-order valence-corrected chi connectivity index (χ3v) is 5.53. The molecule has 4 rings (SSSR count). The molecule has 0 aromatic heterocycles. The van der Waals surface area contributed by atoms with Crippen LogP contribution in [0.1, 0.15) is 25.7 Å². The molecule has 6 nitrogen and oxygen atoms in total. The predicted octanol–water partition coefficient (Wildman–Crippen LogP) is 1.09. The van der Waals surface area contributed by atoms with Crippen molar-refractivity contribution in [2.24, 2.45) is 5.41 Å². The molecule has 6 heteroatoms. The van der Waals surface area contributed by atoms with Crippen LogP contribution >= 0.6 is 0 Å². The van der Waals surface area contributed by atoms with Crippen LogP contribution in [-0.4, -0.2) is 44.0 Å². The number of imide groups is 1. The van der Waals surface area contributed by atoms with Crippen molar-refractivity contribution in [3.8, 4) is 0 Å². The first-order chi connectivity index (χ1) is 11.6. The van der Waals surface area contributed by atoms with Crippen molar-refractivity contribution in [3.05, 3.63) is 24.3 Å². The first kappa shape index (κ1) is 15.4. The third kappa shape index (κ3) is 2.98. The number of hydrogen-bond acceptors (Lipinski definition) is 5. The van der Waals surface area contributed by atoms with Crippen LogP contribution in [0.2, 0.25) is 0 Å². The highest BCUT2D eigenvalue weighted by molar-refractivity contribution is 6.01. The van der Waals surface area contributed by atoms with Crippen LogP contribution < -0.4 is 20.9 Å². The molecule has 1 atom stereocenters. The van der Waals surface area contributed by atoms with E-state index in [1.54, 1.807) is 0 Å². The molecule has 0 radical (unpaired) electrons. The highest BCUT2D eigenvalue weighted by atomic mass is 16.2. The van der Waals surface area contributed by atoms with Crippen LogP contribution in [0.3, 0.4) is 0 Å². The Balaban J connectivity index is 1.34. The molecule has 128 valence electrons. The second kappa shape index (κ2) is 6.09. The van der Waals surface area contributed by atoms with Crippen LogP contribution in [0.4, 0.5) is 11.4 Å². The number of piperidine rings is 2. The summed E-state index contributed by atoms with van der Waals surface area (Å²) in [4.78, 5) is 25.4. The third-order valence-electron chi connectivity index (χ3n) is 5.53. The largest absolute Gasteiger partial charge is 0.374 e. The van der Waals surface area contributed by atoms with E-state index in [0.717, 1.165) is 31.9 Å². The Morgan fingerprint density at radius 3 is 2.46 bits per heavy atom. The van der Waals surface area contributed by atoms with Crippen molar-refractivity contribution >= 4 is 23.2 Å². The molecule has 0 aliphatic carbocycles. The van der Waals surface area contributed by atoms with Crippen molar-refractivity contribution in [1.82, 2.24) is 10.6 Å². The lowest BCUT2D eigenvalue weighted by atomic mass is 9.72. The second-order valence-electron chi connectivity index (χ2n) is 7.30. The van der Waals surface area contributed by atoms with Gasteiger partial charge in [0, 0.05) is 36.3 Å². The summed E-state index contributed by atoms with van der Waals surface area (Å²) in [6, 6.07) is 7.94. The van der Waals surface area contributed by atoms with E-state index in [9.17, 15) is 9.59 Å². The van der Waals surface area contributed by atoms with Gasteiger partial charge in [0.05, 0.1) is 0 Å². The molecule has 3 saturated heterocycles. The Labute approximate surface area is 142 Å². The summed E-state index contributed by atoms with van der Waals surface area (Å²) in [7, 11) is 0. The van der Waals surface area contributed by atoms with Gasteiger partial charge in [-0.2, -0.15) is 0 Å². The quantitative estimate of drug-likeness (QED) is 0.725. The molecule has 3 aliphatic heterocycles. The zero-order valence-corrected chi connectivity index (χ0v) is 13.8. The number of carbonyl (C=O) groups excluding carboxylic acids is 2. The molecule has 3 fully saturated rings. The van der Waals surface area contributed by atoms with E-state index in [4.69, 9.17) is 0 Å². The normalized spacial score (nSPS) is 26.0. The predicted molar refractivity (Wildman–Crippen MR) is 93.0 cm³/mol. The van der Waals surface area contributed by atoms with E-state index in [0.29, 0.717) is 18.3 Å². The molecular formula is C18H24N4O2. The van der Waals surface area contributed by atoms with Crippen molar-refractivity contribution in [2.75, 3.05) is 36.4 Å². The van der Waals surface area contributed by atoms with Crippen LogP contribution in [0, 0.1) is 5.41 Å². The summed E-state index contributed by atoms with van der Waals surface area (Å²) in [5.41, 5.74) is 2.69. The van der Waals surface area contributed by atoms with E-state index in [1.165, 1.54) is 18.5 Å². The van der Waals surface area contributed by atoms with Crippen LogP contribution in [0.5, 0.6) is 0 Å². The fraction of sp³-hybridized carbons (Fsp3) is 0.556. The lowest BCUT2D eigenvalue weighted by Gasteiger charge is -2.53. The first-order valence-electron chi connectivity index (χ1n) is 8.80. The topological polar surface area (TPSA) is 73.5 Å². The van der Waals surface area contributed by atoms with Gasteiger partial charge in [0.25, 0.3) is 0 Å². The standard InChI is InChI=1S/C18H24N4O2/c23-16-6-5-15(17(24)21-16)20-13-1-3-14(4-2-13)22-11-18(12-22)7-9-19-10-8-18/h1-4,15,19-20H,5-12H2,(H,21,23,24). The van der Waals surface area contributed by atoms with Gasteiger partial charge in [0.1, 0.15) is 6.04 Å². The number of hydrogen-bond donors (Lipinski definition) is 3. The molecule has 3 N–H and O–H groups in total. The number of amides is 2. The molecule has 24 heavy (non-hydrogen) atoms.